The Hall–Kier alpha value is -0.610. The molecular weight excluding hydrogens is 180 g/mol. The molecule has 2 N–H and O–H groups in total. The Kier molecular flexibility index (Phi) is 5.72. The van der Waals surface area contributed by atoms with Gasteiger partial charge in [-0.2, -0.15) is 0 Å². The number of methoxy groups -OCH3 is 1. The number of hydrogen-bond donors (Lipinski definition) is 1. The number of rotatable bonds is 6. The zero-order valence-electron chi connectivity index (χ0n) is 9.67. The largest absolute Gasteiger partial charge is 0.383 e. The molecule has 14 heavy (non-hydrogen) atoms. The monoisotopic (exact) mass is 202 g/mol. The van der Waals surface area contributed by atoms with Crippen LogP contribution in [0.15, 0.2) is 0 Å². The molecule has 0 aliphatic rings. The van der Waals surface area contributed by atoms with Crippen molar-refractivity contribution in [2.75, 3.05) is 33.4 Å². The Labute approximate surface area is 86.4 Å². The fraction of sp³-hybridized carbons (Fsp3) is 0.900. The molecule has 0 aliphatic carbocycles. The van der Waals surface area contributed by atoms with Gasteiger partial charge in [-0.05, 0) is 20.8 Å². The highest BCUT2D eigenvalue weighted by molar-refractivity contribution is 5.82. The van der Waals surface area contributed by atoms with E-state index in [9.17, 15) is 4.79 Å². The summed E-state index contributed by atoms with van der Waals surface area (Å²) in [5, 5.41) is 0. The predicted molar refractivity (Wildman–Crippen MR) is 57.0 cm³/mol. The van der Waals surface area contributed by atoms with E-state index in [2.05, 4.69) is 0 Å². The minimum absolute atomic E-state index is 0.0968. The van der Waals surface area contributed by atoms with Gasteiger partial charge >= 0.3 is 0 Å². The molecule has 0 bridgehead atoms. The highest BCUT2D eigenvalue weighted by Crippen LogP contribution is 2.16. The molecule has 0 heterocycles. The Morgan fingerprint density at radius 1 is 1.50 bits per heavy atom. The van der Waals surface area contributed by atoms with E-state index < -0.39 is 5.41 Å². The summed E-state index contributed by atoms with van der Waals surface area (Å²) in [6.07, 6.45) is 0. The third-order valence-corrected chi connectivity index (χ3v) is 2.32. The van der Waals surface area contributed by atoms with Gasteiger partial charge in [-0.3, -0.25) is 4.79 Å². The van der Waals surface area contributed by atoms with Crippen molar-refractivity contribution in [3.63, 3.8) is 0 Å². The maximum atomic E-state index is 11.9. The molecule has 0 spiro atoms. The molecule has 0 aliphatic heterocycles. The third-order valence-electron chi connectivity index (χ3n) is 2.32. The minimum Gasteiger partial charge on any atom is -0.383 e. The van der Waals surface area contributed by atoms with Gasteiger partial charge in [0.15, 0.2) is 0 Å². The molecule has 0 aromatic heterocycles. The minimum atomic E-state index is -0.469. The summed E-state index contributed by atoms with van der Waals surface area (Å²) in [6, 6.07) is 0. The van der Waals surface area contributed by atoms with Gasteiger partial charge < -0.3 is 15.4 Å². The summed E-state index contributed by atoms with van der Waals surface area (Å²) < 4.78 is 4.95. The first kappa shape index (κ1) is 13.4. The van der Waals surface area contributed by atoms with E-state index >= 15 is 0 Å². The van der Waals surface area contributed by atoms with Gasteiger partial charge in [0.2, 0.25) is 5.91 Å². The molecule has 0 radical (unpaired) electrons. The van der Waals surface area contributed by atoms with Crippen LogP contribution in [0, 0.1) is 5.41 Å². The van der Waals surface area contributed by atoms with Crippen molar-refractivity contribution in [1.82, 2.24) is 4.90 Å². The van der Waals surface area contributed by atoms with Gasteiger partial charge in [0.05, 0.1) is 12.0 Å². The summed E-state index contributed by atoms with van der Waals surface area (Å²) in [7, 11) is 1.63. The molecular formula is C10H22N2O2. The molecule has 0 fully saturated rings. The number of carbonyl (C=O) groups excluding carboxylic acids is 1. The van der Waals surface area contributed by atoms with Crippen LogP contribution in [-0.4, -0.2) is 44.2 Å². The number of likely N-dealkylation sites (N-methyl/N-ethyl adjacent to an activating group) is 1. The van der Waals surface area contributed by atoms with Crippen molar-refractivity contribution < 1.29 is 9.53 Å². The van der Waals surface area contributed by atoms with Crippen LogP contribution >= 0.6 is 0 Å². The molecule has 1 amide bonds. The van der Waals surface area contributed by atoms with E-state index in [1.807, 2.05) is 20.8 Å². The zero-order valence-corrected chi connectivity index (χ0v) is 9.67. The van der Waals surface area contributed by atoms with E-state index in [0.717, 1.165) is 0 Å². The van der Waals surface area contributed by atoms with Crippen molar-refractivity contribution in [3.05, 3.63) is 0 Å². The first-order valence-electron chi connectivity index (χ1n) is 4.98. The fourth-order valence-corrected chi connectivity index (χ4v) is 1.12. The highest BCUT2D eigenvalue weighted by Gasteiger charge is 2.29. The van der Waals surface area contributed by atoms with Gasteiger partial charge in [-0.15, -0.1) is 0 Å². The van der Waals surface area contributed by atoms with Crippen LogP contribution in [0.4, 0.5) is 0 Å². The molecule has 4 nitrogen and oxygen atoms in total. The average Bonchev–Trinajstić information content (AvgIpc) is 2.18. The van der Waals surface area contributed by atoms with Crippen LogP contribution in [0.25, 0.3) is 0 Å². The quantitative estimate of drug-likeness (QED) is 0.681. The summed E-state index contributed by atoms with van der Waals surface area (Å²) in [5.41, 5.74) is 5.08. The molecule has 84 valence electrons. The van der Waals surface area contributed by atoms with Crippen LogP contribution in [0.1, 0.15) is 20.8 Å². The Morgan fingerprint density at radius 3 is 2.43 bits per heavy atom. The number of amides is 1. The second kappa shape index (κ2) is 5.98. The highest BCUT2D eigenvalue weighted by atomic mass is 16.5. The van der Waals surface area contributed by atoms with Gasteiger partial charge in [0, 0.05) is 26.7 Å². The number of ether oxygens (including phenoxy) is 1. The smallest absolute Gasteiger partial charge is 0.229 e. The lowest BCUT2D eigenvalue weighted by Gasteiger charge is -2.30. The Balaban J connectivity index is 4.30. The van der Waals surface area contributed by atoms with Crippen molar-refractivity contribution in [2.45, 2.75) is 20.8 Å². The van der Waals surface area contributed by atoms with Gasteiger partial charge in [0.1, 0.15) is 0 Å². The number of nitrogens with zero attached hydrogens (tertiary/aromatic N) is 1. The lowest BCUT2D eigenvalue weighted by molar-refractivity contribution is -0.140. The van der Waals surface area contributed by atoms with Gasteiger partial charge in [-0.25, -0.2) is 0 Å². The topological polar surface area (TPSA) is 55.6 Å². The lowest BCUT2D eigenvalue weighted by Crippen LogP contribution is -2.45. The van der Waals surface area contributed by atoms with E-state index in [0.29, 0.717) is 26.2 Å². The standard InChI is InChI=1S/C10H22N2O2/c1-5-12(6-7-14-4)9(13)10(2,3)8-11/h5-8,11H2,1-4H3. The summed E-state index contributed by atoms with van der Waals surface area (Å²) in [4.78, 5) is 13.7. The maximum Gasteiger partial charge on any atom is 0.229 e. The van der Waals surface area contributed by atoms with Crippen LogP contribution in [0.5, 0.6) is 0 Å². The van der Waals surface area contributed by atoms with Crippen LogP contribution in [0.2, 0.25) is 0 Å². The molecule has 0 aromatic rings. The van der Waals surface area contributed by atoms with E-state index in [1.54, 1.807) is 12.0 Å². The predicted octanol–water partition coefficient (Wildman–Crippen LogP) is 0.466. The van der Waals surface area contributed by atoms with Gasteiger partial charge in [0.25, 0.3) is 0 Å². The first-order chi connectivity index (χ1) is 6.49. The molecule has 0 unspecified atom stereocenters. The molecule has 0 aromatic carbocycles. The second-order valence-electron chi connectivity index (χ2n) is 3.97. The van der Waals surface area contributed by atoms with Gasteiger partial charge in [-0.1, -0.05) is 0 Å². The summed E-state index contributed by atoms with van der Waals surface area (Å²) >= 11 is 0. The lowest BCUT2D eigenvalue weighted by atomic mass is 9.92. The van der Waals surface area contributed by atoms with E-state index in [-0.39, 0.29) is 5.91 Å². The number of carbonyl (C=O) groups is 1. The normalized spacial score (nSPS) is 11.5. The van der Waals surface area contributed by atoms with Crippen molar-refractivity contribution >= 4 is 5.91 Å². The fourth-order valence-electron chi connectivity index (χ4n) is 1.12. The average molecular weight is 202 g/mol. The Bertz CT molecular complexity index is 181. The molecule has 4 heteroatoms. The van der Waals surface area contributed by atoms with Crippen LogP contribution in [0.3, 0.4) is 0 Å². The van der Waals surface area contributed by atoms with Crippen molar-refractivity contribution in [2.24, 2.45) is 11.1 Å². The zero-order chi connectivity index (χ0) is 11.2. The van der Waals surface area contributed by atoms with Crippen LogP contribution in [-0.2, 0) is 9.53 Å². The first-order valence-corrected chi connectivity index (χ1v) is 4.98. The Morgan fingerprint density at radius 2 is 2.07 bits per heavy atom. The summed E-state index contributed by atoms with van der Waals surface area (Å²) in [6.45, 7) is 7.96. The maximum absolute atomic E-state index is 11.9. The molecule has 0 rings (SSSR count). The molecule has 0 saturated carbocycles. The van der Waals surface area contributed by atoms with E-state index in [4.69, 9.17) is 10.5 Å². The van der Waals surface area contributed by atoms with Crippen molar-refractivity contribution in [3.8, 4) is 0 Å². The second-order valence-corrected chi connectivity index (χ2v) is 3.97. The molecule has 0 saturated heterocycles. The number of nitrogens with two attached hydrogens (primary N) is 1. The van der Waals surface area contributed by atoms with E-state index in [1.165, 1.54) is 0 Å². The number of hydrogen-bond acceptors (Lipinski definition) is 3. The van der Waals surface area contributed by atoms with Crippen LogP contribution < -0.4 is 5.73 Å². The molecule has 0 atom stereocenters. The third kappa shape index (κ3) is 3.64. The summed E-state index contributed by atoms with van der Waals surface area (Å²) in [5.74, 6) is 0.0968. The SMILES string of the molecule is CCN(CCOC)C(=O)C(C)(C)CN. The van der Waals surface area contributed by atoms with Crippen molar-refractivity contribution in [1.29, 1.82) is 0 Å².